The Morgan fingerprint density at radius 3 is 1.67 bits per heavy atom. The van der Waals surface area contributed by atoms with Gasteiger partial charge in [0.15, 0.2) is 10.3 Å². The Morgan fingerprint density at radius 1 is 0.765 bits per heavy atom. The molecule has 0 aromatic heterocycles. The molecule has 0 aliphatic carbocycles. The van der Waals surface area contributed by atoms with Gasteiger partial charge in [0.25, 0.3) is 0 Å². The van der Waals surface area contributed by atoms with E-state index >= 15 is 0 Å². The topological polar surface area (TPSA) is 384 Å². The summed E-state index contributed by atoms with van der Waals surface area (Å²) in [7, 11) is -14.7. The van der Waals surface area contributed by atoms with Crippen molar-refractivity contribution in [3.63, 3.8) is 0 Å². The van der Waals surface area contributed by atoms with E-state index in [1.165, 1.54) is 6.42 Å². The number of hydrogen-bond donors (Lipinski definition) is 7. The molecule has 3 fully saturated rings. The van der Waals surface area contributed by atoms with Gasteiger partial charge in [-0.3, -0.25) is 9.11 Å². The van der Waals surface area contributed by atoms with Gasteiger partial charge in [-0.1, -0.05) is 25.2 Å². The molecular formula is C19H32N2Na6O21S3-2. The van der Waals surface area contributed by atoms with Gasteiger partial charge in [0.05, 0.1) is 6.10 Å². The van der Waals surface area contributed by atoms with Crippen molar-refractivity contribution < 1.29 is 274 Å². The SMILES string of the molecule is CCCO[C@H]1[CH-][C@H](O)[C@H](O[C@@H]2OC(CNS(=O)(=O)[O-])[C@@H](O[C@H]3[CH-][C@H](O)[C@H](O)[CH-]O3)[C@H](O)C2[NH-])[CH-]O1.O=S(=O)([O-])O.O=S(=O)([O-])O.[Na+].[Na+].[Na+].[Na+].[Na+].[Na+]. The molecule has 8 N–H and O–H groups in total. The summed E-state index contributed by atoms with van der Waals surface area (Å²) in [4.78, 5) is 0. The zero-order chi connectivity index (χ0) is 34.8. The number of aliphatic hydroxyl groups is 4. The van der Waals surface area contributed by atoms with Crippen molar-refractivity contribution in [2.45, 2.75) is 81.0 Å². The van der Waals surface area contributed by atoms with Crippen molar-refractivity contribution in [3.8, 4) is 0 Å². The van der Waals surface area contributed by atoms with E-state index in [-0.39, 0.29) is 177 Å². The summed E-state index contributed by atoms with van der Waals surface area (Å²) in [6.07, 6.45) is -9.85. The van der Waals surface area contributed by atoms with Crippen molar-refractivity contribution in [2.75, 3.05) is 13.2 Å². The maximum atomic E-state index is 11.1. The Balaban J connectivity index is -0.000000280. The first-order chi connectivity index (χ1) is 20.5. The number of ether oxygens (including phenoxy) is 6. The predicted octanol–water partition coefficient (Wildman–Crippen LogP) is -22.7. The molecule has 23 nitrogen and oxygen atoms in total. The molecule has 3 saturated heterocycles. The first-order valence-corrected chi connectivity index (χ1v) is 16.4. The normalized spacial score (nSPS) is 31.9. The van der Waals surface area contributed by atoms with Crippen LogP contribution in [0.2, 0.25) is 0 Å². The van der Waals surface area contributed by atoms with E-state index < -0.39 is 105 Å². The third-order valence-corrected chi connectivity index (χ3v) is 5.82. The zero-order valence-electron chi connectivity index (χ0n) is 28.8. The van der Waals surface area contributed by atoms with Crippen LogP contribution in [0, 0.1) is 26.1 Å². The first-order valence-electron chi connectivity index (χ1n) is 12.2. The van der Waals surface area contributed by atoms with Crippen LogP contribution >= 0.6 is 0 Å². The van der Waals surface area contributed by atoms with Crippen LogP contribution in [0.5, 0.6) is 0 Å². The van der Waals surface area contributed by atoms with Crippen LogP contribution in [0.4, 0.5) is 0 Å². The van der Waals surface area contributed by atoms with E-state index in [0.29, 0.717) is 6.61 Å². The minimum Gasteiger partial charge on any atom is -0.735 e. The molecule has 0 bridgehead atoms. The average Bonchev–Trinajstić information content (AvgIpc) is 2.87. The number of hydrogen-bond acceptors (Lipinski definition) is 19. The molecule has 0 radical (unpaired) electrons. The standard InChI is InChI=1S/C19H31N2O13S.6Na.2H2O4S/c1-2-3-29-14-5-10(23)13(8-31-14)33-19-16(20)17(25)18(12(32-19)6-21-35(26,27)28)34-15-4-9(22)11(24)7-30-15;;;;;;;2*1-5(2,3)4/h4-5,7-25H,2-3,6H2,1H3,(H,26,27,28);;;;;;;2*(H2,1,2,3,4)/q-5;6*+1;;/p-3/t9-,10-,11+,12?,13+,14+,15-,16?,17+,18+,19-;;;;;;;;/m0......../s1. The van der Waals surface area contributed by atoms with E-state index in [1.54, 1.807) is 4.72 Å². The Labute approximate surface area is 429 Å². The molecule has 3 aliphatic rings. The van der Waals surface area contributed by atoms with Gasteiger partial charge in [-0.2, -0.15) is 13.2 Å². The molecule has 32 heteroatoms. The quantitative estimate of drug-likeness (QED) is 0.0464. The molecule has 0 amide bonds. The molecule has 11 atom stereocenters. The Kier molecular flexibility index (Phi) is 43.8. The molecule has 0 spiro atoms. The van der Waals surface area contributed by atoms with Crippen LogP contribution in [0.3, 0.4) is 0 Å². The molecule has 2 unspecified atom stereocenters. The summed E-state index contributed by atoms with van der Waals surface area (Å²) < 4.78 is 133. The summed E-state index contributed by atoms with van der Waals surface area (Å²) >= 11 is 0. The van der Waals surface area contributed by atoms with E-state index in [1.807, 2.05) is 6.92 Å². The van der Waals surface area contributed by atoms with Crippen LogP contribution in [0.15, 0.2) is 0 Å². The number of nitrogens with one attached hydrogen (secondary N) is 2. The van der Waals surface area contributed by atoms with Gasteiger partial charge in [0.2, 0.25) is 20.8 Å². The van der Waals surface area contributed by atoms with Gasteiger partial charge in [0, 0.05) is 25.7 Å². The average molecular weight is 859 g/mol. The first kappa shape index (κ1) is 67.9. The van der Waals surface area contributed by atoms with Crippen LogP contribution in [-0.2, 0) is 59.5 Å². The third-order valence-electron chi connectivity index (χ3n) is 5.30. The summed E-state index contributed by atoms with van der Waals surface area (Å²) in [5, 5.41) is 40.3. The third kappa shape index (κ3) is 32.6. The Morgan fingerprint density at radius 2 is 1.24 bits per heavy atom. The fraction of sp³-hybridized carbons (Fsp3) is 0.789. The van der Waals surface area contributed by atoms with Crippen molar-refractivity contribution in [3.05, 3.63) is 31.8 Å². The van der Waals surface area contributed by atoms with Crippen LogP contribution in [-0.4, -0.2) is 149 Å². The molecule has 0 saturated carbocycles. The van der Waals surface area contributed by atoms with Crippen molar-refractivity contribution >= 4 is 31.1 Å². The van der Waals surface area contributed by atoms with Gasteiger partial charge in [-0.15, -0.1) is 0 Å². The molecular weight excluding hydrogens is 826 g/mol. The number of aliphatic hydroxyl groups excluding tert-OH is 4. The number of rotatable bonds is 10. The molecule has 0 aromatic carbocycles. The van der Waals surface area contributed by atoms with E-state index in [4.69, 9.17) is 69.2 Å². The zero-order valence-corrected chi connectivity index (χ0v) is 43.3. The largest absolute Gasteiger partial charge is 1.00 e. The Hall–Kier alpha value is 5.17. The monoisotopic (exact) mass is 858 g/mol. The molecule has 3 aliphatic heterocycles. The van der Waals surface area contributed by atoms with Gasteiger partial charge in [0.1, 0.15) is 18.5 Å². The minimum absolute atomic E-state index is 0. The minimum atomic E-state index is -4.92. The second-order valence-electron chi connectivity index (χ2n) is 8.93. The van der Waals surface area contributed by atoms with E-state index in [9.17, 15) is 33.4 Å². The summed E-state index contributed by atoms with van der Waals surface area (Å²) in [5.74, 6) is 0. The second-order valence-corrected chi connectivity index (χ2v) is 11.8. The molecule has 0 aromatic rings. The predicted molar refractivity (Wildman–Crippen MR) is 136 cm³/mol. The maximum absolute atomic E-state index is 11.1. The van der Waals surface area contributed by atoms with Gasteiger partial charge in [-0.05, 0) is 18.6 Å². The fourth-order valence-corrected chi connectivity index (χ4v) is 3.86. The van der Waals surface area contributed by atoms with E-state index in [0.717, 1.165) is 26.1 Å². The summed E-state index contributed by atoms with van der Waals surface area (Å²) in [6.45, 7) is 3.69. The molecule has 270 valence electrons. The second kappa shape index (κ2) is 32.9. The summed E-state index contributed by atoms with van der Waals surface area (Å²) in [5.41, 5.74) is 8.31. The molecule has 51 heavy (non-hydrogen) atoms. The smallest absolute Gasteiger partial charge is 0.735 e. The van der Waals surface area contributed by atoms with Gasteiger partial charge >= 0.3 is 177 Å². The van der Waals surface area contributed by atoms with Gasteiger partial charge < -0.3 is 68.2 Å². The van der Waals surface area contributed by atoms with Crippen LogP contribution in [0.1, 0.15) is 13.3 Å². The fourth-order valence-electron chi connectivity index (χ4n) is 3.49. The summed E-state index contributed by atoms with van der Waals surface area (Å²) in [6, 6.07) is -1.52. The van der Waals surface area contributed by atoms with Gasteiger partial charge in [-0.25, -0.2) is 42.8 Å². The van der Waals surface area contributed by atoms with Crippen LogP contribution < -0.4 is 182 Å². The molecule has 3 heterocycles. The Bertz CT molecular complexity index is 1170. The van der Waals surface area contributed by atoms with Crippen molar-refractivity contribution in [1.82, 2.24) is 4.72 Å². The van der Waals surface area contributed by atoms with Crippen LogP contribution in [0.25, 0.3) is 5.73 Å². The maximum Gasteiger partial charge on any atom is 1.00 e. The molecule has 3 rings (SSSR count). The van der Waals surface area contributed by atoms with Crippen molar-refractivity contribution in [2.24, 2.45) is 0 Å². The van der Waals surface area contributed by atoms with Crippen molar-refractivity contribution in [1.29, 1.82) is 0 Å². The van der Waals surface area contributed by atoms with E-state index in [2.05, 4.69) is 0 Å².